The summed E-state index contributed by atoms with van der Waals surface area (Å²) in [6.07, 6.45) is 8.49. The SMILES string of the molecule is CC1CCN(C(=O)CC(=O)N2CCC(C)C(N(C)c3ncnc4[nH]ccc34)C2)CC1N(C)c1ncnc2[nH]ccc12. The maximum Gasteiger partial charge on any atom is 0.232 e. The molecule has 4 atom stereocenters. The minimum Gasteiger partial charge on any atom is -0.354 e. The lowest BCUT2D eigenvalue weighted by molar-refractivity contribution is -0.142. The zero-order chi connectivity index (χ0) is 28.7. The van der Waals surface area contributed by atoms with Crippen molar-refractivity contribution in [1.82, 2.24) is 39.7 Å². The number of nitrogens with zero attached hydrogens (tertiary/aromatic N) is 8. The van der Waals surface area contributed by atoms with E-state index in [0.717, 1.165) is 46.5 Å². The van der Waals surface area contributed by atoms with E-state index in [1.807, 2.05) is 48.4 Å². The highest BCUT2D eigenvalue weighted by atomic mass is 16.2. The normalized spacial score (nSPS) is 23.2. The molecule has 2 aliphatic rings. The Labute approximate surface area is 239 Å². The molecule has 12 nitrogen and oxygen atoms in total. The number of piperidine rings is 2. The Bertz CT molecular complexity index is 1430. The zero-order valence-corrected chi connectivity index (χ0v) is 24.1. The molecule has 4 aromatic heterocycles. The van der Waals surface area contributed by atoms with E-state index >= 15 is 0 Å². The van der Waals surface area contributed by atoms with Crippen molar-refractivity contribution >= 4 is 45.5 Å². The van der Waals surface area contributed by atoms with Gasteiger partial charge in [0.1, 0.15) is 42.0 Å². The van der Waals surface area contributed by atoms with E-state index in [1.54, 1.807) is 12.7 Å². The molecular formula is C29H38N10O2. The number of likely N-dealkylation sites (tertiary alicyclic amines) is 2. The van der Waals surface area contributed by atoms with Crippen molar-refractivity contribution in [3.8, 4) is 0 Å². The van der Waals surface area contributed by atoms with Crippen molar-refractivity contribution in [1.29, 1.82) is 0 Å². The predicted octanol–water partition coefficient (Wildman–Crippen LogP) is 2.67. The predicted molar refractivity (Wildman–Crippen MR) is 157 cm³/mol. The fourth-order valence-corrected chi connectivity index (χ4v) is 6.51. The number of amides is 2. The van der Waals surface area contributed by atoms with Crippen LogP contribution >= 0.6 is 0 Å². The number of hydrogen-bond donors (Lipinski definition) is 2. The molecule has 4 aromatic rings. The average molecular weight is 559 g/mol. The molecule has 0 saturated carbocycles. The number of rotatable bonds is 6. The number of fused-ring (bicyclic) bond motifs is 2. The molecule has 2 N–H and O–H groups in total. The lowest BCUT2D eigenvalue weighted by atomic mass is 9.91. The lowest BCUT2D eigenvalue weighted by Gasteiger charge is -2.43. The van der Waals surface area contributed by atoms with Crippen molar-refractivity contribution < 1.29 is 9.59 Å². The first-order valence-electron chi connectivity index (χ1n) is 14.4. The minimum atomic E-state index is -0.110. The third-order valence-electron chi connectivity index (χ3n) is 9.17. The molecule has 0 spiro atoms. The second-order valence-electron chi connectivity index (χ2n) is 11.6. The van der Waals surface area contributed by atoms with E-state index in [4.69, 9.17) is 0 Å². The van der Waals surface area contributed by atoms with Crippen LogP contribution in [0.15, 0.2) is 37.2 Å². The van der Waals surface area contributed by atoms with Crippen molar-refractivity contribution in [2.75, 3.05) is 50.1 Å². The smallest absolute Gasteiger partial charge is 0.232 e. The number of H-pyrrole nitrogens is 2. The van der Waals surface area contributed by atoms with Gasteiger partial charge in [-0.25, -0.2) is 19.9 Å². The molecule has 0 aromatic carbocycles. The van der Waals surface area contributed by atoms with Crippen molar-refractivity contribution in [3.63, 3.8) is 0 Å². The minimum absolute atomic E-state index is 0.0859. The standard InChI is InChI=1S/C29H38N10O2/c1-18-7-11-38(14-22(18)36(3)28-20-5-9-30-26(20)32-16-34-28)24(40)13-25(41)39-12-8-19(2)23(15-39)37(4)29-21-6-10-31-27(21)33-17-35-29/h5-6,9-10,16-19,22-23H,7-8,11-15H2,1-4H3,(H,30,32,34)(H,31,33,35). The molecule has 6 rings (SSSR count). The van der Waals surface area contributed by atoms with Gasteiger partial charge < -0.3 is 29.6 Å². The number of hydrogen-bond acceptors (Lipinski definition) is 8. The fourth-order valence-electron chi connectivity index (χ4n) is 6.51. The van der Waals surface area contributed by atoms with E-state index < -0.39 is 0 Å². The lowest BCUT2D eigenvalue weighted by Crippen LogP contribution is -2.55. The van der Waals surface area contributed by atoms with Crippen LogP contribution in [-0.2, 0) is 9.59 Å². The third-order valence-corrected chi connectivity index (χ3v) is 9.17. The molecule has 6 heterocycles. The average Bonchev–Trinajstić information content (AvgIpc) is 3.66. The molecular weight excluding hydrogens is 520 g/mol. The molecule has 0 aliphatic carbocycles. The Morgan fingerprint density at radius 3 is 1.66 bits per heavy atom. The summed E-state index contributed by atoms with van der Waals surface area (Å²) in [6.45, 7) is 6.86. The molecule has 2 fully saturated rings. The Morgan fingerprint density at radius 2 is 1.22 bits per heavy atom. The Morgan fingerprint density at radius 1 is 0.780 bits per heavy atom. The van der Waals surface area contributed by atoms with E-state index in [9.17, 15) is 9.59 Å². The maximum atomic E-state index is 13.5. The summed E-state index contributed by atoms with van der Waals surface area (Å²) in [6, 6.07) is 4.13. The van der Waals surface area contributed by atoms with Gasteiger partial charge in [-0.1, -0.05) is 13.8 Å². The first-order chi connectivity index (χ1) is 19.8. The molecule has 2 amide bonds. The summed E-state index contributed by atoms with van der Waals surface area (Å²) in [5, 5.41) is 1.91. The third kappa shape index (κ3) is 5.07. The topological polar surface area (TPSA) is 130 Å². The number of likely N-dealkylation sites (N-methyl/N-ethyl adjacent to an activating group) is 2. The first-order valence-corrected chi connectivity index (χ1v) is 14.4. The van der Waals surface area contributed by atoms with Gasteiger partial charge in [0, 0.05) is 52.7 Å². The number of carbonyl (C=O) groups excluding carboxylic acids is 2. The second kappa shape index (κ2) is 11.0. The van der Waals surface area contributed by atoms with Gasteiger partial charge in [0.25, 0.3) is 0 Å². The van der Waals surface area contributed by atoms with Gasteiger partial charge in [0.15, 0.2) is 0 Å². The van der Waals surface area contributed by atoms with Crippen molar-refractivity contribution in [3.05, 3.63) is 37.2 Å². The second-order valence-corrected chi connectivity index (χ2v) is 11.6. The summed E-state index contributed by atoms with van der Waals surface area (Å²) in [5.74, 6) is 2.22. The number of anilines is 2. The van der Waals surface area contributed by atoms with Crippen LogP contribution in [0.1, 0.15) is 33.1 Å². The zero-order valence-electron chi connectivity index (χ0n) is 24.1. The number of carbonyl (C=O) groups is 2. The number of aromatic amines is 2. The fraction of sp³-hybridized carbons (Fsp3) is 0.517. The molecule has 4 unspecified atom stereocenters. The van der Waals surface area contributed by atoms with Crippen LogP contribution in [0.2, 0.25) is 0 Å². The van der Waals surface area contributed by atoms with Crippen LogP contribution in [0.25, 0.3) is 22.1 Å². The first kappa shape index (κ1) is 27.0. The Hall–Kier alpha value is -4.22. The van der Waals surface area contributed by atoms with Crippen molar-refractivity contribution in [2.24, 2.45) is 11.8 Å². The molecule has 12 heteroatoms. The summed E-state index contributed by atoms with van der Waals surface area (Å²) >= 11 is 0. The highest BCUT2D eigenvalue weighted by molar-refractivity contribution is 5.97. The number of nitrogens with one attached hydrogen (secondary N) is 2. The van der Waals surface area contributed by atoms with Crippen LogP contribution < -0.4 is 9.80 Å². The summed E-state index contributed by atoms with van der Waals surface area (Å²) in [7, 11) is 4.05. The van der Waals surface area contributed by atoms with Gasteiger partial charge in [0.2, 0.25) is 11.8 Å². The van der Waals surface area contributed by atoms with Gasteiger partial charge in [-0.3, -0.25) is 9.59 Å². The van der Waals surface area contributed by atoms with Gasteiger partial charge in [-0.05, 0) is 36.8 Å². The monoisotopic (exact) mass is 558 g/mol. The van der Waals surface area contributed by atoms with E-state index in [0.29, 0.717) is 38.0 Å². The maximum absolute atomic E-state index is 13.5. The Kier molecular flexibility index (Phi) is 7.22. The quantitative estimate of drug-likeness (QED) is 0.346. The van der Waals surface area contributed by atoms with Gasteiger partial charge in [-0.2, -0.15) is 0 Å². The summed E-state index contributed by atoms with van der Waals surface area (Å²) in [5.41, 5.74) is 1.58. The van der Waals surface area contributed by atoms with E-state index in [-0.39, 0.29) is 30.3 Å². The van der Waals surface area contributed by atoms with Gasteiger partial charge in [0.05, 0.1) is 22.9 Å². The molecule has 41 heavy (non-hydrogen) atoms. The molecule has 2 aliphatic heterocycles. The summed E-state index contributed by atoms with van der Waals surface area (Å²) in [4.78, 5) is 58.9. The summed E-state index contributed by atoms with van der Waals surface area (Å²) < 4.78 is 0. The molecule has 0 bridgehead atoms. The van der Waals surface area contributed by atoms with Crippen LogP contribution in [-0.4, -0.2) is 104 Å². The molecule has 0 radical (unpaired) electrons. The van der Waals surface area contributed by atoms with Crippen LogP contribution in [0.4, 0.5) is 11.6 Å². The number of aromatic nitrogens is 6. The Balaban J connectivity index is 1.11. The molecule has 216 valence electrons. The van der Waals surface area contributed by atoms with Gasteiger partial charge in [-0.15, -0.1) is 0 Å². The molecule has 2 saturated heterocycles. The van der Waals surface area contributed by atoms with E-state index in [2.05, 4.69) is 53.6 Å². The highest BCUT2D eigenvalue weighted by Crippen LogP contribution is 2.31. The van der Waals surface area contributed by atoms with Crippen molar-refractivity contribution in [2.45, 2.75) is 45.2 Å². The van der Waals surface area contributed by atoms with E-state index in [1.165, 1.54) is 0 Å². The largest absolute Gasteiger partial charge is 0.354 e. The van der Waals surface area contributed by atoms with Gasteiger partial charge >= 0.3 is 0 Å². The van der Waals surface area contributed by atoms with Crippen LogP contribution in [0, 0.1) is 11.8 Å². The van der Waals surface area contributed by atoms with Crippen LogP contribution in [0.5, 0.6) is 0 Å². The highest BCUT2D eigenvalue weighted by Gasteiger charge is 2.36. The van der Waals surface area contributed by atoms with Crippen LogP contribution in [0.3, 0.4) is 0 Å².